The fourth-order valence-electron chi connectivity index (χ4n) is 3.76. The Labute approximate surface area is 79.6 Å². The number of amidine groups is 1. The Morgan fingerprint density at radius 2 is 1.92 bits per heavy atom. The first-order valence-corrected chi connectivity index (χ1v) is 5.67. The molecule has 1 aliphatic heterocycles. The van der Waals surface area contributed by atoms with E-state index in [-0.39, 0.29) is 0 Å². The molecule has 3 aliphatic rings. The molecule has 4 unspecified atom stereocenters. The fraction of sp³-hybridized carbons (Fsp3) is 0.909. The highest BCUT2D eigenvalue weighted by Gasteiger charge is 2.43. The van der Waals surface area contributed by atoms with Crippen LogP contribution in [0.5, 0.6) is 0 Å². The lowest BCUT2D eigenvalue weighted by molar-refractivity contribution is 0.187. The summed E-state index contributed by atoms with van der Waals surface area (Å²) >= 11 is 0. The van der Waals surface area contributed by atoms with Gasteiger partial charge in [-0.25, -0.2) is 0 Å². The van der Waals surface area contributed by atoms with Crippen molar-refractivity contribution >= 4 is 5.84 Å². The van der Waals surface area contributed by atoms with E-state index < -0.39 is 0 Å². The highest BCUT2D eigenvalue weighted by atomic mass is 14.9. The van der Waals surface area contributed by atoms with E-state index in [0.29, 0.717) is 6.04 Å². The van der Waals surface area contributed by atoms with E-state index in [1.165, 1.54) is 32.1 Å². The molecule has 0 amide bonds. The standard InChI is InChI=1S/C11H18N2/c12-10-6-8-5-4-7-2-1-3-9(7)11(8)13-10/h7-9,11H,1-6H2,(H2,12,13). The Morgan fingerprint density at radius 3 is 2.85 bits per heavy atom. The molecular weight excluding hydrogens is 160 g/mol. The Balaban J connectivity index is 1.85. The third-order valence-corrected chi connectivity index (χ3v) is 4.33. The predicted molar refractivity (Wildman–Crippen MR) is 53.6 cm³/mol. The molecule has 0 aromatic heterocycles. The van der Waals surface area contributed by atoms with Gasteiger partial charge in [-0.05, 0) is 37.0 Å². The molecule has 2 fully saturated rings. The average Bonchev–Trinajstić information content (AvgIpc) is 2.65. The average molecular weight is 178 g/mol. The first kappa shape index (κ1) is 7.84. The van der Waals surface area contributed by atoms with E-state index in [1.54, 1.807) is 0 Å². The molecule has 3 rings (SSSR count). The minimum absolute atomic E-state index is 0.626. The molecule has 0 spiro atoms. The molecule has 2 aliphatic carbocycles. The summed E-state index contributed by atoms with van der Waals surface area (Å²) in [7, 11) is 0. The molecule has 0 saturated heterocycles. The molecule has 13 heavy (non-hydrogen) atoms. The van der Waals surface area contributed by atoms with Crippen molar-refractivity contribution in [3.8, 4) is 0 Å². The number of hydrogen-bond acceptors (Lipinski definition) is 2. The maximum absolute atomic E-state index is 5.83. The van der Waals surface area contributed by atoms with Crippen molar-refractivity contribution in [1.82, 2.24) is 0 Å². The monoisotopic (exact) mass is 178 g/mol. The zero-order valence-corrected chi connectivity index (χ0v) is 8.08. The minimum Gasteiger partial charge on any atom is -0.387 e. The molecule has 4 atom stereocenters. The van der Waals surface area contributed by atoms with Crippen LogP contribution in [0.25, 0.3) is 0 Å². The second-order valence-corrected chi connectivity index (χ2v) is 5.01. The molecule has 72 valence electrons. The number of nitrogens with zero attached hydrogens (tertiary/aromatic N) is 1. The summed E-state index contributed by atoms with van der Waals surface area (Å²) < 4.78 is 0. The fourth-order valence-corrected chi connectivity index (χ4v) is 3.76. The van der Waals surface area contributed by atoms with Gasteiger partial charge in [0.1, 0.15) is 0 Å². The van der Waals surface area contributed by atoms with Gasteiger partial charge < -0.3 is 5.73 Å². The second-order valence-electron chi connectivity index (χ2n) is 5.01. The SMILES string of the molecule is NC1=NC2C(CCC3CCCC32)C1. The van der Waals surface area contributed by atoms with Gasteiger partial charge >= 0.3 is 0 Å². The Morgan fingerprint density at radius 1 is 1.08 bits per heavy atom. The number of rotatable bonds is 0. The van der Waals surface area contributed by atoms with Gasteiger partial charge in [0.15, 0.2) is 0 Å². The molecule has 2 N–H and O–H groups in total. The topological polar surface area (TPSA) is 38.4 Å². The highest BCUT2D eigenvalue weighted by molar-refractivity contribution is 5.82. The van der Waals surface area contributed by atoms with E-state index in [0.717, 1.165) is 30.0 Å². The van der Waals surface area contributed by atoms with Crippen LogP contribution in [-0.2, 0) is 0 Å². The van der Waals surface area contributed by atoms with Crippen molar-refractivity contribution in [3.05, 3.63) is 0 Å². The molecule has 0 bridgehead atoms. The van der Waals surface area contributed by atoms with E-state index in [1.807, 2.05) is 0 Å². The number of nitrogens with two attached hydrogens (primary N) is 1. The van der Waals surface area contributed by atoms with Crippen molar-refractivity contribution < 1.29 is 0 Å². The minimum atomic E-state index is 0.626. The summed E-state index contributed by atoms with van der Waals surface area (Å²) in [6.07, 6.45) is 8.25. The van der Waals surface area contributed by atoms with E-state index in [9.17, 15) is 0 Å². The summed E-state index contributed by atoms with van der Waals surface area (Å²) in [4.78, 5) is 4.65. The summed E-state index contributed by atoms with van der Waals surface area (Å²) in [6.45, 7) is 0. The zero-order valence-electron chi connectivity index (χ0n) is 8.08. The molecule has 2 heteroatoms. The Bertz CT molecular complexity index is 246. The van der Waals surface area contributed by atoms with Gasteiger partial charge in [-0.15, -0.1) is 0 Å². The van der Waals surface area contributed by atoms with Gasteiger partial charge in [-0.2, -0.15) is 0 Å². The van der Waals surface area contributed by atoms with Gasteiger partial charge in [0.05, 0.1) is 11.9 Å². The third-order valence-electron chi connectivity index (χ3n) is 4.33. The maximum atomic E-state index is 5.83. The van der Waals surface area contributed by atoms with Crippen LogP contribution in [0.3, 0.4) is 0 Å². The van der Waals surface area contributed by atoms with Crippen LogP contribution in [0.15, 0.2) is 4.99 Å². The molecule has 0 aromatic rings. The van der Waals surface area contributed by atoms with Crippen LogP contribution >= 0.6 is 0 Å². The van der Waals surface area contributed by atoms with Crippen LogP contribution < -0.4 is 5.73 Å². The summed E-state index contributed by atoms with van der Waals surface area (Å²) in [5.74, 6) is 3.65. The smallest absolute Gasteiger partial charge is 0.0944 e. The largest absolute Gasteiger partial charge is 0.387 e. The molecule has 2 nitrogen and oxygen atoms in total. The van der Waals surface area contributed by atoms with Gasteiger partial charge in [0.25, 0.3) is 0 Å². The van der Waals surface area contributed by atoms with Crippen LogP contribution in [0.1, 0.15) is 38.5 Å². The Kier molecular flexibility index (Phi) is 1.64. The van der Waals surface area contributed by atoms with Crippen LogP contribution in [-0.4, -0.2) is 11.9 Å². The van der Waals surface area contributed by atoms with E-state index in [4.69, 9.17) is 5.73 Å². The van der Waals surface area contributed by atoms with E-state index >= 15 is 0 Å². The quantitative estimate of drug-likeness (QED) is 0.605. The summed E-state index contributed by atoms with van der Waals surface area (Å²) in [5, 5.41) is 0. The number of fused-ring (bicyclic) bond motifs is 3. The first-order valence-electron chi connectivity index (χ1n) is 5.67. The summed E-state index contributed by atoms with van der Waals surface area (Å²) in [6, 6.07) is 0.626. The lowest BCUT2D eigenvalue weighted by Crippen LogP contribution is -2.32. The van der Waals surface area contributed by atoms with Crippen LogP contribution in [0.2, 0.25) is 0 Å². The maximum Gasteiger partial charge on any atom is 0.0944 e. The molecule has 2 saturated carbocycles. The van der Waals surface area contributed by atoms with Crippen molar-refractivity contribution in [2.24, 2.45) is 28.5 Å². The lowest BCUT2D eigenvalue weighted by Gasteiger charge is -2.34. The van der Waals surface area contributed by atoms with Crippen molar-refractivity contribution in [2.75, 3.05) is 0 Å². The van der Waals surface area contributed by atoms with Gasteiger partial charge in [-0.3, -0.25) is 4.99 Å². The molecular formula is C11H18N2. The predicted octanol–water partition coefficient (Wildman–Crippen LogP) is 1.94. The van der Waals surface area contributed by atoms with E-state index in [2.05, 4.69) is 4.99 Å². The van der Waals surface area contributed by atoms with Crippen LogP contribution in [0, 0.1) is 17.8 Å². The normalized spacial score (nSPS) is 48.5. The van der Waals surface area contributed by atoms with Crippen LogP contribution in [0.4, 0.5) is 0 Å². The highest BCUT2D eigenvalue weighted by Crippen LogP contribution is 2.48. The van der Waals surface area contributed by atoms with Gasteiger partial charge in [0.2, 0.25) is 0 Å². The number of aliphatic imine (C=N–C) groups is 1. The lowest BCUT2D eigenvalue weighted by atomic mass is 9.72. The third kappa shape index (κ3) is 1.11. The molecule has 0 radical (unpaired) electrons. The molecule has 1 heterocycles. The van der Waals surface area contributed by atoms with Crippen molar-refractivity contribution in [3.63, 3.8) is 0 Å². The van der Waals surface area contributed by atoms with Gasteiger partial charge in [-0.1, -0.05) is 12.8 Å². The zero-order chi connectivity index (χ0) is 8.84. The first-order chi connectivity index (χ1) is 6.34. The summed E-state index contributed by atoms with van der Waals surface area (Å²) in [5.41, 5.74) is 5.83. The van der Waals surface area contributed by atoms with Crippen molar-refractivity contribution in [2.45, 2.75) is 44.6 Å². The molecule has 0 aromatic carbocycles. The van der Waals surface area contributed by atoms with Crippen molar-refractivity contribution in [1.29, 1.82) is 0 Å². The Hall–Kier alpha value is -0.530. The van der Waals surface area contributed by atoms with Gasteiger partial charge in [0, 0.05) is 6.42 Å². The number of hydrogen-bond donors (Lipinski definition) is 1. The second kappa shape index (κ2) is 2.73.